The number of rotatable bonds is 5. The van der Waals surface area contributed by atoms with Gasteiger partial charge in [-0.2, -0.15) is 0 Å². The molecule has 0 aliphatic rings. The van der Waals surface area contributed by atoms with Crippen molar-refractivity contribution in [2.75, 3.05) is 6.26 Å². The van der Waals surface area contributed by atoms with Crippen LogP contribution in [0.2, 0.25) is 0 Å². The van der Waals surface area contributed by atoms with E-state index in [1.54, 1.807) is 24.3 Å². The average molecular weight is 307 g/mol. The van der Waals surface area contributed by atoms with E-state index in [0.29, 0.717) is 11.4 Å². The molecule has 0 unspecified atom stereocenters. The first kappa shape index (κ1) is 15.0. The molecule has 0 saturated heterocycles. The van der Waals surface area contributed by atoms with Crippen molar-refractivity contribution in [1.29, 1.82) is 0 Å². The molecule has 1 aromatic heterocycles. The van der Waals surface area contributed by atoms with E-state index in [1.807, 2.05) is 0 Å². The van der Waals surface area contributed by atoms with E-state index in [-0.39, 0.29) is 17.2 Å². The van der Waals surface area contributed by atoms with Gasteiger partial charge in [-0.3, -0.25) is 0 Å². The van der Waals surface area contributed by atoms with Crippen LogP contribution in [0.25, 0.3) is 0 Å². The zero-order valence-electron chi connectivity index (χ0n) is 11.2. The van der Waals surface area contributed by atoms with Crippen LogP contribution in [0, 0.1) is 0 Å². The lowest BCUT2D eigenvalue weighted by Crippen LogP contribution is -2.05. The number of hydrogen-bond donors (Lipinski definition) is 1. The fourth-order valence-electron chi connectivity index (χ4n) is 1.63. The Hall–Kier alpha value is -2.41. The predicted octanol–water partition coefficient (Wildman–Crippen LogP) is 1.76. The minimum absolute atomic E-state index is 0.0499. The maximum Gasteiger partial charge on any atom is 0.354 e. The molecule has 0 saturated carbocycles. The summed E-state index contributed by atoms with van der Waals surface area (Å²) in [5.41, 5.74) is 0.376. The summed E-state index contributed by atoms with van der Waals surface area (Å²) in [5, 5.41) is 8.85. The van der Waals surface area contributed by atoms with Gasteiger partial charge in [0, 0.05) is 6.26 Å². The highest BCUT2D eigenvalue weighted by Gasteiger charge is 2.09. The number of ether oxygens (including phenoxy) is 1. The lowest BCUT2D eigenvalue weighted by molar-refractivity contribution is 0.0690. The van der Waals surface area contributed by atoms with Crippen molar-refractivity contribution in [1.82, 2.24) is 4.98 Å². The monoisotopic (exact) mass is 307 g/mol. The molecule has 0 fully saturated rings. The van der Waals surface area contributed by atoms with Crippen LogP contribution < -0.4 is 4.74 Å². The highest BCUT2D eigenvalue weighted by atomic mass is 32.2. The van der Waals surface area contributed by atoms with Crippen molar-refractivity contribution in [3.05, 3.63) is 53.9 Å². The molecular formula is C14H13NO5S. The number of aromatic carboxylic acids is 1. The van der Waals surface area contributed by atoms with Crippen LogP contribution in [0.15, 0.2) is 47.4 Å². The topological polar surface area (TPSA) is 93.6 Å². The van der Waals surface area contributed by atoms with Gasteiger partial charge in [0.1, 0.15) is 18.1 Å². The Balaban J connectivity index is 2.13. The van der Waals surface area contributed by atoms with Gasteiger partial charge in [0.05, 0.1) is 10.6 Å². The molecule has 2 aromatic rings. The van der Waals surface area contributed by atoms with E-state index in [0.717, 1.165) is 6.26 Å². The molecule has 110 valence electrons. The van der Waals surface area contributed by atoms with Gasteiger partial charge < -0.3 is 9.84 Å². The first-order valence-electron chi connectivity index (χ1n) is 5.98. The molecule has 0 bridgehead atoms. The van der Waals surface area contributed by atoms with Crippen molar-refractivity contribution in [2.45, 2.75) is 11.5 Å². The SMILES string of the molecule is CS(=O)(=O)c1cccc(OCc2cccc(C(=O)O)n2)c1. The van der Waals surface area contributed by atoms with E-state index >= 15 is 0 Å². The number of aromatic nitrogens is 1. The lowest BCUT2D eigenvalue weighted by atomic mass is 10.3. The second-order valence-electron chi connectivity index (χ2n) is 4.36. The molecule has 0 aliphatic carbocycles. The number of pyridine rings is 1. The Morgan fingerprint density at radius 2 is 1.95 bits per heavy atom. The van der Waals surface area contributed by atoms with Crippen LogP contribution in [0.1, 0.15) is 16.2 Å². The smallest absolute Gasteiger partial charge is 0.354 e. The molecule has 2 rings (SSSR count). The van der Waals surface area contributed by atoms with Gasteiger partial charge in [-0.1, -0.05) is 12.1 Å². The van der Waals surface area contributed by atoms with Gasteiger partial charge in [-0.25, -0.2) is 18.2 Å². The zero-order valence-corrected chi connectivity index (χ0v) is 12.0. The summed E-state index contributed by atoms with van der Waals surface area (Å²) in [4.78, 5) is 14.9. The number of hydrogen-bond acceptors (Lipinski definition) is 5. The molecule has 21 heavy (non-hydrogen) atoms. The summed E-state index contributed by atoms with van der Waals surface area (Å²) in [6.45, 7) is 0.0499. The molecule has 0 radical (unpaired) electrons. The maximum absolute atomic E-state index is 11.4. The number of carboxylic acids is 1. The minimum Gasteiger partial charge on any atom is -0.487 e. The second kappa shape index (κ2) is 5.92. The van der Waals surface area contributed by atoms with E-state index < -0.39 is 15.8 Å². The van der Waals surface area contributed by atoms with Gasteiger partial charge in [-0.05, 0) is 30.3 Å². The molecule has 1 heterocycles. The first-order valence-corrected chi connectivity index (χ1v) is 7.87. The van der Waals surface area contributed by atoms with Crippen LogP contribution in [0.3, 0.4) is 0 Å². The first-order chi connectivity index (χ1) is 9.86. The normalized spacial score (nSPS) is 11.1. The highest BCUT2D eigenvalue weighted by molar-refractivity contribution is 7.90. The number of benzene rings is 1. The fraction of sp³-hybridized carbons (Fsp3) is 0.143. The molecular weight excluding hydrogens is 294 g/mol. The van der Waals surface area contributed by atoms with Crippen molar-refractivity contribution in [3.8, 4) is 5.75 Å². The summed E-state index contributed by atoms with van der Waals surface area (Å²) < 4.78 is 28.3. The van der Waals surface area contributed by atoms with Gasteiger partial charge in [0.25, 0.3) is 0 Å². The van der Waals surface area contributed by atoms with Crippen LogP contribution in [-0.4, -0.2) is 30.7 Å². The Morgan fingerprint density at radius 1 is 1.24 bits per heavy atom. The fourth-order valence-corrected chi connectivity index (χ4v) is 2.29. The summed E-state index contributed by atoms with van der Waals surface area (Å²) in [7, 11) is -3.30. The number of carboxylic acid groups (broad SMARTS) is 1. The van der Waals surface area contributed by atoms with Crippen LogP contribution in [0.4, 0.5) is 0 Å². The quantitative estimate of drug-likeness (QED) is 0.904. The van der Waals surface area contributed by atoms with Crippen molar-refractivity contribution in [3.63, 3.8) is 0 Å². The van der Waals surface area contributed by atoms with E-state index in [1.165, 1.54) is 18.2 Å². The molecule has 7 heteroatoms. The highest BCUT2D eigenvalue weighted by Crippen LogP contribution is 2.18. The van der Waals surface area contributed by atoms with Crippen molar-refractivity contribution < 1.29 is 23.1 Å². The lowest BCUT2D eigenvalue weighted by Gasteiger charge is -2.07. The second-order valence-corrected chi connectivity index (χ2v) is 6.37. The summed E-state index contributed by atoms with van der Waals surface area (Å²) in [6, 6.07) is 10.7. The van der Waals surface area contributed by atoms with Gasteiger partial charge in [-0.15, -0.1) is 0 Å². The molecule has 0 amide bonds. The van der Waals surface area contributed by atoms with E-state index in [4.69, 9.17) is 9.84 Å². The Labute approximate surface area is 121 Å². The predicted molar refractivity (Wildman–Crippen MR) is 75.1 cm³/mol. The van der Waals surface area contributed by atoms with Crippen molar-refractivity contribution in [2.24, 2.45) is 0 Å². The third kappa shape index (κ3) is 4.03. The third-order valence-corrected chi connectivity index (χ3v) is 3.76. The zero-order chi connectivity index (χ0) is 15.5. The molecule has 1 aromatic carbocycles. The van der Waals surface area contributed by atoms with Crippen molar-refractivity contribution >= 4 is 15.8 Å². The minimum atomic E-state index is -3.30. The average Bonchev–Trinajstić information content (AvgIpc) is 2.45. The molecule has 6 nitrogen and oxygen atoms in total. The van der Waals surface area contributed by atoms with Gasteiger partial charge >= 0.3 is 5.97 Å². The third-order valence-electron chi connectivity index (χ3n) is 2.65. The number of nitrogens with zero attached hydrogens (tertiary/aromatic N) is 1. The van der Waals surface area contributed by atoms with Gasteiger partial charge in [0.15, 0.2) is 9.84 Å². The molecule has 0 spiro atoms. The molecule has 0 aliphatic heterocycles. The summed E-state index contributed by atoms with van der Waals surface area (Å²) >= 11 is 0. The summed E-state index contributed by atoms with van der Waals surface area (Å²) in [5.74, 6) is -0.739. The van der Waals surface area contributed by atoms with Crippen LogP contribution in [-0.2, 0) is 16.4 Å². The Kier molecular flexibility index (Phi) is 4.23. The van der Waals surface area contributed by atoms with Gasteiger partial charge in [0.2, 0.25) is 0 Å². The standard InChI is InChI=1S/C14H13NO5S/c1-21(18,19)12-6-3-5-11(8-12)20-9-10-4-2-7-13(15-10)14(16)17/h2-8H,9H2,1H3,(H,16,17). The van der Waals surface area contributed by atoms with E-state index in [9.17, 15) is 13.2 Å². The number of sulfone groups is 1. The Morgan fingerprint density at radius 3 is 2.62 bits per heavy atom. The maximum atomic E-state index is 11.4. The largest absolute Gasteiger partial charge is 0.487 e. The van der Waals surface area contributed by atoms with Crippen LogP contribution in [0.5, 0.6) is 5.75 Å². The van der Waals surface area contributed by atoms with E-state index in [2.05, 4.69) is 4.98 Å². The van der Waals surface area contributed by atoms with Crippen LogP contribution >= 0.6 is 0 Å². The summed E-state index contributed by atoms with van der Waals surface area (Å²) in [6.07, 6.45) is 1.12. The molecule has 0 atom stereocenters. The molecule has 1 N–H and O–H groups in total. The Bertz CT molecular complexity index is 770. The number of carbonyl (C=O) groups is 1.